The van der Waals surface area contributed by atoms with Crippen LogP contribution in [0.2, 0.25) is 0 Å². The first-order valence-corrected chi connectivity index (χ1v) is 8.18. The Hall–Kier alpha value is -2.28. The van der Waals surface area contributed by atoms with E-state index in [9.17, 15) is 9.59 Å². The van der Waals surface area contributed by atoms with Gasteiger partial charge in [0.15, 0.2) is 0 Å². The summed E-state index contributed by atoms with van der Waals surface area (Å²) >= 11 is 1.12. The highest BCUT2D eigenvalue weighted by atomic mass is 32.1. The highest BCUT2D eigenvalue weighted by molar-refractivity contribution is 7.09. The molecule has 0 aliphatic rings. The summed E-state index contributed by atoms with van der Waals surface area (Å²) in [6.45, 7) is 5.34. The van der Waals surface area contributed by atoms with Crippen molar-refractivity contribution in [1.29, 1.82) is 0 Å². The lowest BCUT2D eigenvalue weighted by atomic mass is 10.0. The molecule has 6 nitrogen and oxygen atoms in total. The number of rotatable bonds is 6. The number of anilines is 1. The minimum Gasteiger partial charge on any atom is -0.344 e. The van der Waals surface area contributed by atoms with Crippen LogP contribution in [0.1, 0.15) is 25.2 Å². The van der Waals surface area contributed by atoms with Crippen LogP contribution in [0.25, 0.3) is 0 Å². The zero-order chi connectivity index (χ0) is 16.8. The van der Waals surface area contributed by atoms with Gasteiger partial charge in [0.2, 0.25) is 16.9 Å². The van der Waals surface area contributed by atoms with Gasteiger partial charge >= 0.3 is 0 Å². The van der Waals surface area contributed by atoms with E-state index in [0.29, 0.717) is 17.4 Å². The molecule has 0 saturated carbocycles. The first kappa shape index (κ1) is 17.1. The average molecular weight is 332 g/mol. The number of carbonyl (C=O) groups is 2. The Bertz CT molecular complexity index is 670. The van der Waals surface area contributed by atoms with Gasteiger partial charge in [0.05, 0.1) is 0 Å². The Kier molecular flexibility index (Phi) is 5.81. The van der Waals surface area contributed by atoms with Crippen molar-refractivity contribution >= 4 is 28.5 Å². The van der Waals surface area contributed by atoms with Crippen molar-refractivity contribution in [2.45, 2.75) is 33.2 Å². The molecule has 0 aliphatic heterocycles. The number of hydrogen-bond acceptors (Lipinski definition) is 5. The number of nitrogens with zero attached hydrogens (tertiary/aromatic N) is 2. The third kappa shape index (κ3) is 5.14. The van der Waals surface area contributed by atoms with Crippen LogP contribution >= 0.6 is 11.5 Å². The van der Waals surface area contributed by atoms with Gasteiger partial charge in [-0.05, 0) is 12.5 Å². The Morgan fingerprint density at radius 1 is 1.17 bits per heavy atom. The molecule has 0 radical (unpaired) electrons. The van der Waals surface area contributed by atoms with Crippen molar-refractivity contribution in [3.8, 4) is 0 Å². The van der Waals surface area contributed by atoms with E-state index < -0.39 is 6.04 Å². The summed E-state index contributed by atoms with van der Waals surface area (Å²) in [7, 11) is 0. The van der Waals surface area contributed by atoms with Gasteiger partial charge in [-0.15, -0.1) is 0 Å². The molecule has 0 spiro atoms. The van der Waals surface area contributed by atoms with Crippen molar-refractivity contribution in [1.82, 2.24) is 14.7 Å². The van der Waals surface area contributed by atoms with Gasteiger partial charge < -0.3 is 5.32 Å². The average Bonchev–Trinajstić information content (AvgIpc) is 2.92. The van der Waals surface area contributed by atoms with E-state index in [2.05, 4.69) is 20.0 Å². The molecule has 2 rings (SSSR count). The predicted molar refractivity (Wildman–Crippen MR) is 90.2 cm³/mol. The Labute approximate surface area is 139 Å². The number of amides is 2. The van der Waals surface area contributed by atoms with Crippen LogP contribution in [0.4, 0.5) is 5.13 Å². The summed E-state index contributed by atoms with van der Waals surface area (Å²) in [5, 5.41) is 5.95. The third-order valence-electron chi connectivity index (χ3n) is 3.20. The topological polar surface area (TPSA) is 84.0 Å². The molecule has 0 saturated heterocycles. The van der Waals surface area contributed by atoms with Crippen molar-refractivity contribution in [3.05, 3.63) is 41.7 Å². The van der Waals surface area contributed by atoms with Gasteiger partial charge in [-0.3, -0.25) is 14.9 Å². The number of aromatic nitrogens is 2. The Morgan fingerprint density at radius 2 is 1.87 bits per heavy atom. The molecular weight excluding hydrogens is 312 g/mol. The second-order valence-electron chi connectivity index (χ2n) is 5.54. The predicted octanol–water partition coefficient (Wildman–Crippen LogP) is 2.17. The number of nitrogens with one attached hydrogen (secondary N) is 2. The van der Waals surface area contributed by atoms with Gasteiger partial charge in [0.25, 0.3) is 0 Å². The van der Waals surface area contributed by atoms with E-state index in [1.807, 2.05) is 30.3 Å². The van der Waals surface area contributed by atoms with E-state index in [4.69, 9.17) is 0 Å². The molecule has 2 N–H and O–H groups in total. The minimum absolute atomic E-state index is 0.158. The quantitative estimate of drug-likeness (QED) is 0.849. The zero-order valence-corrected chi connectivity index (χ0v) is 14.2. The number of carbonyl (C=O) groups excluding carboxylic acids is 2. The standard InChI is InChI=1S/C16H20N4O2S/c1-10(2)14(21)18-13(9-12-7-5-4-6-8-12)15(22)19-16-17-11(3)20-23-16/h4-8,10,13H,9H2,1-3H3,(H,18,21)(H,17,19,20,22). The molecule has 1 atom stereocenters. The monoisotopic (exact) mass is 332 g/mol. The van der Waals surface area contributed by atoms with Gasteiger partial charge in [-0.1, -0.05) is 44.2 Å². The first-order chi connectivity index (χ1) is 11.0. The van der Waals surface area contributed by atoms with E-state index >= 15 is 0 Å². The summed E-state index contributed by atoms with van der Waals surface area (Å²) in [4.78, 5) is 28.6. The third-order valence-corrected chi connectivity index (χ3v) is 3.92. The van der Waals surface area contributed by atoms with Crippen LogP contribution in [-0.2, 0) is 16.0 Å². The molecule has 0 bridgehead atoms. The van der Waals surface area contributed by atoms with Crippen LogP contribution in [0.15, 0.2) is 30.3 Å². The number of aryl methyl sites for hydroxylation is 1. The van der Waals surface area contributed by atoms with Crippen LogP contribution in [0.3, 0.4) is 0 Å². The fourth-order valence-electron chi connectivity index (χ4n) is 1.94. The maximum atomic E-state index is 12.5. The molecule has 2 amide bonds. The summed E-state index contributed by atoms with van der Waals surface area (Å²) in [6.07, 6.45) is 0.420. The molecular formula is C16H20N4O2S. The van der Waals surface area contributed by atoms with Gasteiger partial charge in [-0.2, -0.15) is 4.37 Å². The van der Waals surface area contributed by atoms with Gasteiger partial charge in [0.1, 0.15) is 11.9 Å². The fraction of sp³-hybridized carbons (Fsp3) is 0.375. The van der Waals surface area contributed by atoms with Crippen LogP contribution in [0.5, 0.6) is 0 Å². The lowest BCUT2D eigenvalue weighted by Crippen LogP contribution is -2.46. The molecule has 0 aliphatic carbocycles. The van der Waals surface area contributed by atoms with Crippen molar-refractivity contribution in [3.63, 3.8) is 0 Å². The summed E-state index contributed by atoms with van der Waals surface area (Å²) in [5.74, 6) is -0.0329. The van der Waals surface area contributed by atoms with Crippen molar-refractivity contribution in [2.75, 3.05) is 5.32 Å². The van der Waals surface area contributed by atoms with Crippen molar-refractivity contribution in [2.24, 2.45) is 5.92 Å². The summed E-state index contributed by atoms with van der Waals surface area (Å²) < 4.78 is 4.03. The van der Waals surface area contributed by atoms with Crippen LogP contribution in [-0.4, -0.2) is 27.2 Å². The second kappa shape index (κ2) is 7.82. The first-order valence-electron chi connectivity index (χ1n) is 7.41. The maximum Gasteiger partial charge on any atom is 0.249 e. The molecule has 23 heavy (non-hydrogen) atoms. The van der Waals surface area contributed by atoms with Crippen LogP contribution < -0.4 is 10.6 Å². The summed E-state index contributed by atoms with van der Waals surface area (Å²) in [6, 6.07) is 8.92. The lowest BCUT2D eigenvalue weighted by molar-refractivity contribution is -0.128. The number of hydrogen-bond donors (Lipinski definition) is 2. The molecule has 1 aromatic carbocycles. The molecule has 1 aromatic heterocycles. The Morgan fingerprint density at radius 3 is 2.43 bits per heavy atom. The van der Waals surface area contributed by atoms with Gasteiger partial charge in [-0.25, -0.2) is 4.98 Å². The fourth-order valence-corrected chi connectivity index (χ4v) is 2.52. The highest BCUT2D eigenvalue weighted by Gasteiger charge is 2.23. The zero-order valence-electron chi connectivity index (χ0n) is 13.4. The normalized spacial score (nSPS) is 12.0. The smallest absolute Gasteiger partial charge is 0.249 e. The van der Waals surface area contributed by atoms with E-state index in [0.717, 1.165) is 17.1 Å². The largest absolute Gasteiger partial charge is 0.344 e. The van der Waals surface area contributed by atoms with E-state index in [-0.39, 0.29) is 17.7 Å². The molecule has 7 heteroatoms. The van der Waals surface area contributed by atoms with E-state index in [1.54, 1.807) is 20.8 Å². The molecule has 2 aromatic rings. The van der Waals surface area contributed by atoms with Crippen molar-refractivity contribution < 1.29 is 9.59 Å². The highest BCUT2D eigenvalue weighted by Crippen LogP contribution is 2.12. The van der Waals surface area contributed by atoms with Crippen LogP contribution in [0, 0.1) is 12.8 Å². The summed E-state index contributed by atoms with van der Waals surface area (Å²) in [5.41, 5.74) is 0.977. The lowest BCUT2D eigenvalue weighted by Gasteiger charge is -2.19. The maximum absolute atomic E-state index is 12.5. The minimum atomic E-state index is -0.656. The Balaban J connectivity index is 2.11. The van der Waals surface area contributed by atoms with E-state index in [1.165, 1.54) is 0 Å². The molecule has 1 heterocycles. The second-order valence-corrected chi connectivity index (χ2v) is 6.29. The molecule has 0 fully saturated rings. The SMILES string of the molecule is Cc1nsc(NC(=O)C(Cc2ccccc2)NC(=O)C(C)C)n1. The van der Waals surface area contributed by atoms with Gasteiger partial charge in [0, 0.05) is 23.9 Å². The molecule has 122 valence electrons. The molecule has 1 unspecified atom stereocenters. The number of benzene rings is 1.